The Balaban J connectivity index is 1.86. The summed E-state index contributed by atoms with van der Waals surface area (Å²) in [5.74, 6) is 0. The highest BCUT2D eigenvalue weighted by molar-refractivity contribution is 8.00. The first-order valence-corrected chi connectivity index (χ1v) is 9.45. The Kier molecular flexibility index (Phi) is 5.25. The summed E-state index contributed by atoms with van der Waals surface area (Å²) < 4.78 is 0. The first-order chi connectivity index (χ1) is 10.7. The van der Waals surface area contributed by atoms with Crippen LogP contribution in [-0.4, -0.2) is 5.25 Å². The van der Waals surface area contributed by atoms with E-state index in [0.29, 0.717) is 5.25 Å². The molecule has 22 heavy (non-hydrogen) atoms. The lowest BCUT2D eigenvalue weighted by molar-refractivity contribution is 0.515. The maximum absolute atomic E-state index is 2.32. The molecule has 0 aromatic heterocycles. The Morgan fingerprint density at radius 3 is 1.64 bits per heavy atom. The zero-order chi connectivity index (χ0) is 15.4. The molecule has 1 saturated carbocycles. The average molecular weight is 311 g/mol. The molecule has 0 unspecified atom stereocenters. The molecule has 0 amide bonds. The second-order valence-electron chi connectivity index (χ2n) is 6.60. The molecule has 0 saturated heterocycles. The van der Waals surface area contributed by atoms with Crippen LogP contribution in [0.4, 0.5) is 0 Å². The van der Waals surface area contributed by atoms with Crippen molar-refractivity contribution in [2.45, 2.75) is 56.5 Å². The van der Waals surface area contributed by atoms with Gasteiger partial charge < -0.3 is 0 Å². The summed E-state index contributed by atoms with van der Waals surface area (Å²) in [5, 5.41) is 1.30. The molecule has 1 heteroatoms. The van der Waals surface area contributed by atoms with Crippen LogP contribution in [0.3, 0.4) is 0 Å². The zero-order valence-corrected chi connectivity index (χ0v) is 14.5. The van der Waals surface area contributed by atoms with Gasteiger partial charge in [-0.05, 0) is 37.8 Å². The monoisotopic (exact) mass is 310 g/mol. The van der Waals surface area contributed by atoms with Gasteiger partial charge in [0, 0.05) is 5.25 Å². The lowest BCUT2D eigenvalue weighted by atomic mass is 10.0. The van der Waals surface area contributed by atoms with Gasteiger partial charge in [0.2, 0.25) is 0 Å². The lowest BCUT2D eigenvalue weighted by Gasteiger charge is -2.27. The molecule has 2 aromatic rings. The molecule has 0 aliphatic heterocycles. The maximum Gasteiger partial charge on any atom is 0.0549 e. The van der Waals surface area contributed by atoms with E-state index in [1.54, 1.807) is 0 Å². The number of benzene rings is 2. The lowest BCUT2D eigenvalue weighted by Crippen LogP contribution is -2.11. The zero-order valence-electron chi connectivity index (χ0n) is 13.7. The van der Waals surface area contributed by atoms with Crippen molar-refractivity contribution in [3.63, 3.8) is 0 Å². The van der Waals surface area contributed by atoms with Crippen molar-refractivity contribution in [1.29, 1.82) is 0 Å². The van der Waals surface area contributed by atoms with Crippen LogP contribution in [0.2, 0.25) is 0 Å². The molecule has 0 atom stereocenters. The van der Waals surface area contributed by atoms with Crippen molar-refractivity contribution < 1.29 is 0 Å². The van der Waals surface area contributed by atoms with E-state index in [0.717, 1.165) is 5.25 Å². The van der Waals surface area contributed by atoms with Crippen LogP contribution in [0, 0.1) is 13.8 Å². The van der Waals surface area contributed by atoms with E-state index in [1.165, 1.54) is 54.4 Å². The minimum absolute atomic E-state index is 0.476. The fraction of sp³-hybridized carbons (Fsp3) is 0.429. The average Bonchev–Trinajstić information content (AvgIpc) is 2.56. The normalized spacial score (nSPS) is 16.1. The molecule has 0 radical (unpaired) electrons. The van der Waals surface area contributed by atoms with Crippen molar-refractivity contribution in [2.75, 3.05) is 0 Å². The summed E-state index contributed by atoms with van der Waals surface area (Å²) in [6, 6.07) is 18.3. The molecule has 1 aliphatic carbocycles. The number of aryl methyl sites for hydroxylation is 2. The van der Waals surface area contributed by atoms with Gasteiger partial charge in [0.1, 0.15) is 0 Å². The van der Waals surface area contributed by atoms with Gasteiger partial charge in [-0.15, -0.1) is 11.8 Å². The molecular weight excluding hydrogens is 284 g/mol. The Bertz CT molecular complexity index is 531. The molecule has 1 aliphatic rings. The van der Waals surface area contributed by atoms with Crippen LogP contribution in [0.5, 0.6) is 0 Å². The van der Waals surface area contributed by atoms with E-state index in [4.69, 9.17) is 0 Å². The Labute approximate surface area is 139 Å². The summed E-state index contributed by atoms with van der Waals surface area (Å²) in [6.07, 6.45) is 7.02. The smallest absolute Gasteiger partial charge is 0.0549 e. The highest BCUT2D eigenvalue weighted by Crippen LogP contribution is 2.42. The summed E-state index contributed by atoms with van der Waals surface area (Å²) >= 11 is 2.18. The predicted octanol–water partition coefficient (Wildman–Crippen LogP) is 6.46. The van der Waals surface area contributed by atoms with Crippen LogP contribution < -0.4 is 0 Å². The van der Waals surface area contributed by atoms with Crippen LogP contribution in [0.1, 0.15) is 59.6 Å². The number of hydrogen-bond acceptors (Lipinski definition) is 1. The second-order valence-corrected chi connectivity index (χ2v) is 8.01. The van der Waals surface area contributed by atoms with E-state index < -0.39 is 0 Å². The fourth-order valence-electron chi connectivity index (χ4n) is 3.23. The molecule has 2 aromatic carbocycles. The van der Waals surface area contributed by atoms with Gasteiger partial charge in [-0.1, -0.05) is 78.9 Å². The van der Waals surface area contributed by atoms with Crippen LogP contribution in [0.25, 0.3) is 0 Å². The van der Waals surface area contributed by atoms with Gasteiger partial charge in [0.15, 0.2) is 0 Å². The van der Waals surface area contributed by atoms with Gasteiger partial charge in [0.25, 0.3) is 0 Å². The summed E-state index contributed by atoms with van der Waals surface area (Å²) in [5.41, 5.74) is 5.58. The quantitative estimate of drug-likeness (QED) is 0.624. The third kappa shape index (κ3) is 3.95. The van der Waals surface area contributed by atoms with E-state index in [-0.39, 0.29) is 0 Å². The molecule has 0 N–H and O–H groups in total. The molecular formula is C21H26S. The maximum atomic E-state index is 2.32. The number of thioether (sulfide) groups is 1. The molecule has 116 valence electrons. The van der Waals surface area contributed by atoms with Gasteiger partial charge in [0.05, 0.1) is 5.25 Å². The first-order valence-electron chi connectivity index (χ1n) is 8.51. The van der Waals surface area contributed by atoms with Crippen molar-refractivity contribution >= 4 is 11.8 Å². The van der Waals surface area contributed by atoms with E-state index in [1.807, 2.05) is 0 Å². The fourth-order valence-corrected chi connectivity index (χ4v) is 4.84. The molecule has 0 spiro atoms. The van der Waals surface area contributed by atoms with Crippen LogP contribution >= 0.6 is 11.8 Å². The van der Waals surface area contributed by atoms with E-state index >= 15 is 0 Å². The molecule has 0 nitrogen and oxygen atoms in total. The first kappa shape index (κ1) is 15.7. The summed E-state index contributed by atoms with van der Waals surface area (Å²) in [4.78, 5) is 0. The van der Waals surface area contributed by atoms with Crippen molar-refractivity contribution in [2.24, 2.45) is 0 Å². The minimum atomic E-state index is 0.476. The number of hydrogen-bond donors (Lipinski definition) is 0. The third-order valence-electron chi connectivity index (χ3n) is 4.64. The summed E-state index contributed by atoms with van der Waals surface area (Å²) in [7, 11) is 0. The Morgan fingerprint density at radius 2 is 1.18 bits per heavy atom. The molecule has 0 heterocycles. The highest BCUT2D eigenvalue weighted by atomic mass is 32.2. The van der Waals surface area contributed by atoms with E-state index in [9.17, 15) is 0 Å². The molecule has 1 fully saturated rings. The van der Waals surface area contributed by atoms with Gasteiger partial charge in [-0.3, -0.25) is 0 Å². The number of rotatable bonds is 4. The summed E-state index contributed by atoms with van der Waals surface area (Å²) in [6.45, 7) is 4.33. The SMILES string of the molecule is Cc1ccc(C(SC2CCCCC2)c2ccc(C)cc2)cc1. The molecule has 0 bridgehead atoms. The third-order valence-corrected chi connectivity index (χ3v) is 6.31. The van der Waals surface area contributed by atoms with Gasteiger partial charge in [-0.2, -0.15) is 0 Å². The molecule has 3 rings (SSSR count). The van der Waals surface area contributed by atoms with Crippen molar-refractivity contribution in [3.05, 3.63) is 70.8 Å². The van der Waals surface area contributed by atoms with E-state index in [2.05, 4.69) is 74.1 Å². The van der Waals surface area contributed by atoms with Crippen molar-refractivity contribution in [3.8, 4) is 0 Å². The predicted molar refractivity (Wildman–Crippen MR) is 98.7 cm³/mol. The topological polar surface area (TPSA) is 0 Å². The second kappa shape index (κ2) is 7.37. The van der Waals surface area contributed by atoms with Gasteiger partial charge >= 0.3 is 0 Å². The van der Waals surface area contributed by atoms with Gasteiger partial charge in [-0.25, -0.2) is 0 Å². The van der Waals surface area contributed by atoms with Crippen LogP contribution in [0.15, 0.2) is 48.5 Å². The standard InChI is InChI=1S/C21H26S/c1-16-8-12-18(13-9-16)21(19-14-10-17(2)11-15-19)22-20-6-4-3-5-7-20/h8-15,20-21H,3-7H2,1-2H3. The minimum Gasteiger partial charge on any atom is -0.146 e. The van der Waals surface area contributed by atoms with Crippen molar-refractivity contribution in [1.82, 2.24) is 0 Å². The van der Waals surface area contributed by atoms with Crippen LogP contribution in [-0.2, 0) is 0 Å². The Hall–Kier alpha value is -1.21. The highest BCUT2D eigenvalue weighted by Gasteiger charge is 2.22. The largest absolute Gasteiger partial charge is 0.146 e. The Morgan fingerprint density at radius 1 is 0.727 bits per heavy atom.